The molecule has 20 heavy (non-hydrogen) atoms. The van der Waals surface area contributed by atoms with E-state index in [0.29, 0.717) is 11.6 Å². The molecule has 0 spiro atoms. The number of pyridine rings is 1. The highest BCUT2D eigenvalue weighted by molar-refractivity contribution is 6.33. The number of aromatic amines is 1. The van der Waals surface area contributed by atoms with Crippen molar-refractivity contribution >= 4 is 40.2 Å². The Balaban J connectivity index is 1.90. The van der Waals surface area contributed by atoms with Crippen LogP contribution in [0.2, 0.25) is 5.15 Å². The maximum absolute atomic E-state index is 12.1. The first-order chi connectivity index (χ1) is 9.63. The molecule has 0 saturated heterocycles. The van der Waals surface area contributed by atoms with Gasteiger partial charge in [-0.3, -0.25) is 10.1 Å². The summed E-state index contributed by atoms with van der Waals surface area (Å²) in [5, 5.41) is 2.72. The first kappa shape index (κ1) is 12.4. The average Bonchev–Trinajstić information content (AvgIpc) is 2.83. The van der Waals surface area contributed by atoms with Crippen LogP contribution in [0.1, 0.15) is 10.4 Å². The minimum Gasteiger partial charge on any atom is -0.397 e. The van der Waals surface area contributed by atoms with Gasteiger partial charge < -0.3 is 10.7 Å². The Bertz CT molecular complexity index is 765. The molecule has 0 bridgehead atoms. The molecule has 0 atom stereocenters. The highest BCUT2D eigenvalue weighted by Crippen LogP contribution is 2.18. The molecule has 0 aliphatic rings. The van der Waals surface area contributed by atoms with Gasteiger partial charge in [0, 0.05) is 0 Å². The number of fused-ring (bicyclic) bond motifs is 1. The Morgan fingerprint density at radius 2 is 2.15 bits per heavy atom. The fourth-order valence-corrected chi connectivity index (χ4v) is 2.00. The summed E-state index contributed by atoms with van der Waals surface area (Å²) in [6, 6.07) is 8.93. The number of rotatable bonds is 2. The second kappa shape index (κ2) is 4.82. The van der Waals surface area contributed by atoms with E-state index in [2.05, 4.69) is 20.3 Å². The smallest absolute Gasteiger partial charge is 0.261 e. The highest BCUT2D eigenvalue weighted by Gasteiger charge is 2.14. The van der Waals surface area contributed by atoms with Crippen LogP contribution in [0, 0.1) is 0 Å². The number of anilines is 2. The topological polar surface area (TPSA) is 96.7 Å². The Morgan fingerprint density at radius 3 is 2.95 bits per heavy atom. The van der Waals surface area contributed by atoms with E-state index in [-0.39, 0.29) is 10.7 Å². The molecule has 6 nitrogen and oxygen atoms in total. The van der Waals surface area contributed by atoms with E-state index in [0.717, 1.165) is 11.0 Å². The summed E-state index contributed by atoms with van der Waals surface area (Å²) in [5.74, 6) is -0.0800. The predicted octanol–water partition coefficient (Wildman–Crippen LogP) is 2.45. The van der Waals surface area contributed by atoms with Gasteiger partial charge in [0.25, 0.3) is 5.91 Å². The first-order valence-electron chi connectivity index (χ1n) is 5.80. The number of nitrogen functional groups attached to an aromatic ring is 1. The lowest BCUT2D eigenvalue weighted by Crippen LogP contribution is -2.14. The van der Waals surface area contributed by atoms with E-state index >= 15 is 0 Å². The van der Waals surface area contributed by atoms with Crippen LogP contribution in [0.15, 0.2) is 36.5 Å². The van der Waals surface area contributed by atoms with Crippen LogP contribution < -0.4 is 11.1 Å². The maximum Gasteiger partial charge on any atom is 0.261 e. The monoisotopic (exact) mass is 287 g/mol. The molecule has 0 saturated carbocycles. The third-order valence-corrected chi connectivity index (χ3v) is 3.03. The van der Waals surface area contributed by atoms with Crippen LogP contribution in [0.3, 0.4) is 0 Å². The van der Waals surface area contributed by atoms with Crippen LogP contribution >= 0.6 is 11.6 Å². The number of halogens is 1. The molecule has 2 heterocycles. The number of aromatic nitrogens is 3. The molecule has 0 radical (unpaired) electrons. The average molecular weight is 288 g/mol. The van der Waals surface area contributed by atoms with E-state index in [1.165, 1.54) is 12.3 Å². The Labute approximate surface area is 119 Å². The number of carbonyl (C=O) groups excluding carboxylic acids is 1. The van der Waals surface area contributed by atoms with Crippen molar-refractivity contribution in [3.05, 3.63) is 47.2 Å². The Hall–Kier alpha value is -2.60. The summed E-state index contributed by atoms with van der Waals surface area (Å²) in [7, 11) is 0. The lowest BCUT2D eigenvalue weighted by Gasteiger charge is -2.04. The zero-order chi connectivity index (χ0) is 14.1. The molecule has 0 fully saturated rings. The van der Waals surface area contributed by atoms with Crippen molar-refractivity contribution in [2.24, 2.45) is 0 Å². The third kappa shape index (κ3) is 2.28. The van der Waals surface area contributed by atoms with E-state index in [1.807, 2.05) is 24.3 Å². The zero-order valence-corrected chi connectivity index (χ0v) is 11.0. The van der Waals surface area contributed by atoms with E-state index in [4.69, 9.17) is 17.3 Å². The van der Waals surface area contributed by atoms with Crippen molar-refractivity contribution in [3.8, 4) is 0 Å². The Morgan fingerprint density at radius 1 is 1.35 bits per heavy atom. The van der Waals surface area contributed by atoms with Crippen LogP contribution in [0.5, 0.6) is 0 Å². The molecule has 7 heteroatoms. The second-order valence-electron chi connectivity index (χ2n) is 4.16. The summed E-state index contributed by atoms with van der Waals surface area (Å²) >= 11 is 5.88. The normalized spacial score (nSPS) is 10.7. The summed E-state index contributed by atoms with van der Waals surface area (Å²) in [6.45, 7) is 0. The summed E-state index contributed by atoms with van der Waals surface area (Å²) in [5.41, 5.74) is 7.76. The zero-order valence-electron chi connectivity index (χ0n) is 10.2. The fourth-order valence-electron chi connectivity index (χ4n) is 1.81. The molecule has 3 rings (SSSR count). The highest BCUT2D eigenvalue weighted by atomic mass is 35.5. The number of hydrogen-bond acceptors (Lipinski definition) is 4. The van der Waals surface area contributed by atoms with Crippen molar-refractivity contribution < 1.29 is 4.79 Å². The van der Waals surface area contributed by atoms with Crippen LogP contribution in [0.4, 0.5) is 11.6 Å². The molecule has 4 N–H and O–H groups in total. The molecule has 0 unspecified atom stereocenters. The number of nitrogens with one attached hydrogen (secondary N) is 2. The molecule has 3 aromatic rings. The first-order valence-corrected chi connectivity index (χ1v) is 6.18. The summed E-state index contributed by atoms with van der Waals surface area (Å²) < 4.78 is 0. The number of benzene rings is 1. The number of nitrogens with zero attached hydrogens (tertiary/aromatic N) is 2. The molecule has 0 aliphatic heterocycles. The van der Waals surface area contributed by atoms with E-state index < -0.39 is 5.91 Å². The van der Waals surface area contributed by atoms with Gasteiger partial charge in [-0.2, -0.15) is 0 Å². The van der Waals surface area contributed by atoms with Crippen molar-refractivity contribution in [1.29, 1.82) is 0 Å². The van der Waals surface area contributed by atoms with Crippen LogP contribution in [-0.4, -0.2) is 20.9 Å². The fraction of sp³-hybridized carbons (Fsp3) is 0. The maximum atomic E-state index is 12.1. The summed E-state index contributed by atoms with van der Waals surface area (Å²) in [6.07, 6.45) is 1.39. The van der Waals surface area contributed by atoms with Gasteiger partial charge in [0.2, 0.25) is 5.95 Å². The van der Waals surface area contributed by atoms with Gasteiger partial charge >= 0.3 is 0 Å². The Kier molecular flexibility index (Phi) is 3.00. The van der Waals surface area contributed by atoms with Crippen LogP contribution in [-0.2, 0) is 0 Å². The molecule has 100 valence electrons. The van der Waals surface area contributed by atoms with Crippen molar-refractivity contribution in [2.45, 2.75) is 0 Å². The number of imidazole rings is 1. The minimum absolute atomic E-state index is 0.0906. The molecule has 2 aromatic heterocycles. The van der Waals surface area contributed by atoms with Crippen LogP contribution in [0.25, 0.3) is 11.0 Å². The van der Waals surface area contributed by atoms with Gasteiger partial charge in [-0.05, 0) is 18.2 Å². The van der Waals surface area contributed by atoms with Gasteiger partial charge in [0.1, 0.15) is 5.15 Å². The number of amides is 1. The van der Waals surface area contributed by atoms with E-state index in [9.17, 15) is 4.79 Å². The second-order valence-corrected chi connectivity index (χ2v) is 4.52. The molecule has 1 amide bonds. The van der Waals surface area contributed by atoms with Gasteiger partial charge in [-0.25, -0.2) is 9.97 Å². The van der Waals surface area contributed by atoms with Gasteiger partial charge in [0.15, 0.2) is 0 Å². The molecule has 0 aliphatic carbocycles. The number of hydrogen-bond donors (Lipinski definition) is 3. The molecule has 1 aromatic carbocycles. The minimum atomic E-state index is -0.422. The third-order valence-electron chi connectivity index (χ3n) is 2.73. The standard InChI is InChI=1S/C13H10ClN5O/c14-11-8(5-7(15)6-16-11)12(20)19-13-17-9-3-1-2-4-10(9)18-13/h1-6H,15H2,(H2,17,18,19,20). The number of H-pyrrole nitrogens is 1. The lowest BCUT2D eigenvalue weighted by atomic mass is 10.2. The van der Waals surface area contributed by atoms with Crippen molar-refractivity contribution in [1.82, 2.24) is 15.0 Å². The van der Waals surface area contributed by atoms with Crippen molar-refractivity contribution in [2.75, 3.05) is 11.1 Å². The van der Waals surface area contributed by atoms with Gasteiger partial charge in [-0.15, -0.1) is 0 Å². The number of carbonyl (C=O) groups is 1. The summed E-state index contributed by atoms with van der Waals surface area (Å²) in [4.78, 5) is 23.2. The largest absolute Gasteiger partial charge is 0.397 e. The van der Waals surface area contributed by atoms with Gasteiger partial charge in [-0.1, -0.05) is 23.7 Å². The van der Waals surface area contributed by atoms with Crippen molar-refractivity contribution in [3.63, 3.8) is 0 Å². The van der Waals surface area contributed by atoms with E-state index in [1.54, 1.807) is 0 Å². The molecular weight excluding hydrogens is 278 g/mol. The lowest BCUT2D eigenvalue weighted by molar-refractivity contribution is 0.102. The number of para-hydroxylation sites is 2. The van der Waals surface area contributed by atoms with Gasteiger partial charge in [0.05, 0.1) is 28.5 Å². The SMILES string of the molecule is Nc1cnc(Cl)c(C(=O)Nc2nc3ccccc3[nH]2)c1. The predicted molar refractivity (Wildman–Crippen MR) is 77.7 cm³/mol. The molecular formula is C13H10ClN5O. The quantitative estimate of drug-likeness (QED) is 0.631. The number of nitrogens with two attached hydrogens (primary N) is 1.